The SMILES string of the molecule is C=Cc1ccc(/C(=C/CC)N/C(C)=C/N(C=C)Cc2cccc(C(F)(F)F)c2)cn1. The molecule has 0 amide bonds. The third-order valence-electron chi connectivity index (χ3n) is 4.26. The molecule has 0 saturated heterocycles. The summed E-state index contributed by atoms with van der Waals surface area (Å²) in [5.74, 6) is 0. The molecule has 0 aliphatic rings. The molecule has 1 aromatic carbocycles. The van der Waals surface area contributed by atoms with E-state index in [0.29, 0.717) is 5.56 Å². The molecule has 3 nitrogen and oxygen atoms in total. The van der Waals surface area contributed by atoms with Crippen molar-refractivity contribution < 1.29 is 13.2 Å². The smallest absolute Gasteiger partial charge is 0.358 e. The summed E-state index contributed by atoms with van der Waals surface area (Å²) in [6, 6.07) is 9.14. The highest BCUT2D eigenvalue weighted by atomic mass is 19.4. The molecule has 0 atom stereocenters. The number of pyridine rings is 1. The molecule has 0 aliphatic carbocycles. The molecule has 158 valence electrons. The molecule has 2 aromatic rings. The number of alkyl halides is 3. The predicted molar refractivity (Wildman–Crippen MR) is 117 cm³/mol. The van der Waals surface area contributed by atoms with Crippen LogP contribution < -0.4 is 5.32 Å². The Kier molecular flexibility index (Phi) is 8.04. The summed E-state index contributed by atoms with van der Waals surface area (Å²) >= 11 is 0. The topological polar surface area (TPSA) is 28.2 Å². The second-order valence-corrected chi connectivity index (χ2v) is 6.69. The van der Waals surface area contributed by atoms with Crippen LogP contribution in [-0.2, 0) is 12.7 Å². The van der Waals surface area contributed by atoms with E-state index in [9.17, 15) is 13.2 Å². The van der Waals surface area contributed by atoms with Crippen molar-refractivity contribution in [3.05, 3.63) is 102 Å². The van der Waals surface area contributed by atoms with Gasteiger partial charge in [0.2, 0.25) is 0 Å². The van der Waals surface area contributed by atoms with Gasteiger partial charge in [-0.15, -0.1) is 0 Å². The monoisotopic (exact) mass is 413 g/mol. The van der Waals surface area contributed by atoms with Crippen molar-refractivity contribution in [2.45, 2.75) is 33.0 Å². The lowest BCUT2D eigenvalue weighted by atomic mass is 10.1. The maximum absolute atomic E-state index is 12.9. The highest BCUT2D eigenvalue weighted by Crippen LogP contribution is 2.29. The summed E-state index contributed by atoms with van der Waals surface area (Å²) in [7, 11) is 0. The van der Waals surface area contributed by atoms with Crippen LogP contribution in [0.1, 0.15) is 42.7 Å². The van der Waals surface area contributed by atoms with E-state index < -0.39 is 11.7 Å². The third kappa shape index (κ3) is 6.65. The maximum Gasteiger partial charge on any atom is 0.416 e. The molecule has 0 saturated carbocycles. The molecule has 0 bridgehead atoms. The van der Waals surface area contributed by atoms with Crippen LogP contribution in [0.2, 0.25) is 0 Å². The minimum absolute atomic E-state index is 0.273. The number of nitrogens with one attached hydrogen (secondary N) is 1. The highest BCUT2D eigenvalue weighted by molar-refractivity contribution is 5.65. The predicted octanol–water partition coefficient (Wildman–Crippen LogP) is 6.59. The van der Waals surface area contributed by atoms with E-state index in [1.165, 1.54) is 6.07 Å². The van der Waals surface area contributed by atoms with Crippen molar-refractivity contribution in [2.24, 2.45) is 0 Å². The first-order chi connectivity index (χ1) is 14.3. The van der Waals surface area contributed by atoms with Gasteiger partial charge in [-0.05, 0) is 55.4 Å². The molecular formula is C24H26F3N3. The van der Waals surface area contributed by atoms with Crippen molar-refractivity contribution in [3.8, 4) is 0 Å². The number of allylic oxidation sites excluding steroid dienone is 2. The molecular weight excluding hydrogens is 387 g/mol. The van der Waals surface area contributed by atoms with Crippen molar-refractivity contribution in [1.29, 1.82) is 0 Å². The molecule has 0 aliphatic heterocycles. The van der Waals surface area contributed by atoms with Gasteiger partial charge in [0, 0.05) is 35.9 Å². The van der Waals surface area contributed by atoms with Crippen LogP contribution in [0.4, 0.5) is 13.2 Å². The van der Waals surface area contributed by atoms with E-state index in [1.807, 2.05) is 38.3 Å². The summed E-state index contributed by atoms with van der Waals surface area (Å²) in [6.07, 6.45) is 5.35. The Labute approximate surface area is 176 Å². The maximum atomic E-state index is 12.9. The van der Waals surface area contributed by atoms with Crippen LogP contribution in [-0.4, -0.2) is 9.88 Å². The number of halogens is 3. The van der Waals surface area contributed by atoms with E-state index in [2.05, 4.69) is 23.5 Å². The van der Waals surface area contributed by atoms with E-state index in [0.717, 1.165) is 41.2 Å². The van der Waals surface area contributed by atoms with Crippen LogP contribution in [0.3, 0.4) is 0 Å². The van der Waals surface area contributed by atoms with Crippen molar-refractivity contribution in [1.82, 2.24) is 15.2 Å². The quantitative estimate of drug-likeness (QED) is 0.503. The normalized spacial score (nSPS) is 12.4. The fourth-order valence-corrected chi connectivity index (χ4v) is 2.84. The van der Waals surface area contributed by atoms with Gasteiger partial charge in [-0.1, -0.05) is 38.3 Å². The van der Waals surface area contributed by atoms with Gasteiger partial charge in [-0.3, -0.25) is 4.98 Å². The van der Waals surface area contributed by atoms with Crippen molar-refractivity contribution in [3.63, 3.8) is 0 Å². The highest BCUT2D eigenvalue weighted by Gasteiger charge is 2.30. The molecule has 0 spiro atoms. The number of aromatic nitrogens is 1. The van der Waals surface area contributed by atoms with Crippen LogP contribution in [0, 0.1) is 0 Å². The fourth-order valence-electron chi connectivity index (χ4n) is 2.84. The van der Waals surface area contributed by atoms with E-state index in [4.69, 9.17) is 0 Å². The van der Waals surface area contributed by atoms with E-state index in [-0.39, 0.29) is 6.54 Å². The Balaban J connectivity index is 2.17. The lowest BCUT2D eigenvalue weighted by molar-refractivity contribution is -0.137. The summed E-state index contributed by atoms with van der Waals surface area (Å²) < 4.78 is 38.8. The van der Waals surface area contributed by atoms with Crippen LogP contribution >= 0.6 is 0 Å². The van der Waals surface area contributed by atoms with E-state index >= 15 is 0 Å². The van der Waals surface area contributed by atoms with Gasteiger partial charge in [-0.25, -0.2) is 0 Å². The van der Waals surface area contributed by atoms with Gasteiger partial charge < -0.3 is 10.2 Å². The number of hydrogen-bond acceptors (Lipinski definition) is 3. The van der Waals surface area contributed by atoms with Gasteiger partial charge in [0.25, 0.3) is 0 Å². The minimum Gasteiger partial charge on any atom is -0.358 e. The number of nitrogens with zero attached hydrogens (tertiary/aromatic N) is 2. The van der Waals surface area contributed by atoms with Gasteiger partial charge in [-0.2, -0.15) is 13.2 Å². The second-order valence-electron chi connectivity index (χ2n) is 6.69. The summed E-state index contributed by atoms with van der Waals surface area (Å²) in [5.41, 5.74) is 3.32. The minimum atomic E-state index is -4.36. The largest absolute Gasteiger partial charge is 0.416 e. The molecule has 1 N–H and O–H groups in total. The molecule has 0 fully saturated rings. The second kappa shape index (κ2) is 10.5. The van der Waals surface area contributed by atoms with Crippen LogP contribution in [0.15, 0.2) is 79.9 Å². The third-order valence-corrected chi connectivity index (χ3v) is 4.26. The first-order valence-electron chi connectivity index (χ1n) is 9.55. The molecule has 0 unspecified atom stereocenters. The van der Waals surface area contributed by atoms with Gasteiger partial charge in [0.15, 0.2) is 0 Å². The lowest BCUT2D eigenvalue weighted by Gasteiger charge is -2.19. The molecule has 1 heterocycles. The molecule has 30 heavy (non-hydrogen) atoms. The molecule has 0 radical (unpaired) electrons. The average molecular weight is 413 g/mol. The van der Waals surface area contributed by atoms with Gasteiger partial charge >= 0.3 is 6.18 Å². The lowest BCUT2D eigenvalue weighted by Crippen LogP contribution is -2.16. The Hall–Kier alpha value is -3.28. The van der Waals surface area contributed by atoms with Gasteiger partial charge in [0.05, 0.1) is 11.3 Å². The summed E-state index contributed by atoms with van der Waals surface area (Å²) in [4.78, 5) is 6.07. The number of rotatable bonds is 9. The first-order valence-corrected chi connectivity index (χ1v) is 9.55. The van der Waals surface area contributed by atoms with Crippen molar-refractivity contribution >= 4 is 11.8 Å². The summed E-state index contributed by atoms with van der Waals surface area (Å²) in [5, 5.41) is 3.34. The Morgan fingerprint density at radius 3 is 2.53 bits per heavy atom. The number of benzene rings is 1. The average Bonchev–Trinajstić information content (AvgIpc) is 2.72. The summed E-state index contributed by atoms with van der Waals surface area (Å²) in [6.45, 7) is 11.7. The Morgan fingerprint density at radius 2 is 1.97 bits per heavy atom. The van der Waals surface area contributed by atoms with Crippen LogP contribution in [0.25, 0.3) is 11.8 Å². The molecule has 1 aromatic heterocycles. The fraction of sp³-hybridized carbons (Fsp3) is 0.208. The molecule has 2 rings (SSSR count). The number of hydrogen-bond donors (Lipinski definition) is 1. The van der Waals surface area contributed by atoms with Crippen molar-refractivity contribution in [2.75, 3.05) is 0 Å². The first kappa shape index (κ1) is 23.0. The zero-order chi connectivity index (χ0) is 22.1. The zero-order valence-electron chi connectivity index (χ0n) is 17.2. The standard InChI is InChI=1S/C24H26F3N3/c1-5-9-23(20-12-13-22(6-2)28-15-20)29-18(4)16-30(7-3)17-19-10-8-11-21(14-19)24(25,26)27/h6-16,29H,2-3,5,17H2,1,4H3/b18-16+,23-9-. The van der Waals surface area contributed by atoms with E-state index in [1.54, 1.807) is 29.4 Å². The Bertz CT molecular complexity index is 925. The Morgan fingerprint density at radius 1 is 1.20 bits per heavy atom. The molecule has 6 heteroatoms. The van der Waals surface area contributed by atoms with Gasteiger partial charge in [0.1, 0.15) is 0 Å². The zero-order valence-corrected chi connectivity index (χ0v) is 17.2. The van der Waals surface area contributed by atoms with Crippen LogP contribution in [0.5, 0.6) is 0 Å².